The first-order valence-corrected chi connectivity index (χ1v) is 3.53. The van der Waals surface area contributed by atoms with Crippen LogP contribution in [-0.4, -0.2) is 38.5 Å². The fourth-order valence-corrected chi connectivity index (χ4v) is 1.42. The lowest BCUT2D eigenvalue weighted by atomic mass is 9.85. The van der Waals surface area contributed by atoms with Crippen molar-refractivity contribution in [1.29, 1.82) is 0 Å². The molecule has 2 heterocycles. The van der Waals surface area contributed by atoms with Crippen molar-refractivity contribution in [2.45, 2.75) is 6.17 Å². The van der Waals surface area contributed by atoms with Gasteiger partial charge < -0.3 is 4.90 Å². The zero-order valence-electron chi connectivity index (χ0n) is 6.31. The van der Waals surface area contributed by atoms with Gasteiger partial charge in [-0.25, -0.2) is 9.98 Å². The van der Waals surface area contributed by atoms with Crippen LogP contribution in [0.3, 0.4) is 0 Å². The van der Waals surface area contributed by atoms with Gasteiger partial charge in [-0.1, -0.05) is 5.47 Å². The number of hydrogen-bond acceptors (Lipinski definition) is 3. The molecule has 0 N–H and O–H groups in total. The molecule has 11 heavy (non-hydrogen) atoms. The molecule has 2 atom stereocenters. The summed E-state index contributed by atoms with van der Waals surface area (Å²) in [6.07, 6.45) is 5.47. The van der Waals surface area contributed by atoms with E-state index in [0.29, 0.717) is 0 Å². The maximum atomic E-state index is 5.73. The number of rotatable bonds is 0. The Hall–Kier alpha value is -1.06. The summed E-state index contributed by atoms with van der Waals surface area (Å²) in [5, 5.41) is 0. The molecule has 0 saturated heterocycles. The van der Waals surface area contributed by atoms with Gasteiger partial charge in [0, 0.05) is 19.2 Å². The molecule has 0 fully saturated rings. The first kappa shape index (κ1) is 6.64. The van der Waals surface area contributed by atoms with Gasteiger partial charge in [-0.05, 0) is 6.20 Å². The summed E-state index contributed by atoms with van der Waals surface area (Å²) in [7, 11) is 7.70. The van der Waals surface area contributed by atoms with E-state index in [1.165, 1.54) is 0 Å². The highest BCUT2D eigenvalue weighted by Crippen LogP contribution is 2.25. The molecule has 2 rings (SSSR count). The van der Waals surface area contributed by atoms with Crippen LogP contribution in [0.25, 0.3) is 0 Å². The Labute approximate surface area is 66.9 Å². The first-order valence-electron chi connectivity index (χ1n) is 3.53. The molecule has 2 radical (unpaired) electrons. The third kappa shape index (κ3) is 0.896. The SMILES string of the molecule is [B]C1=CN(C)C2N=CN=CC12. The molecule has 3 nitrogen and oxygen atoms in total. The minimum atomic E-state index is 0.146. The maximum Gasteiger partial charge on any atom is 0.133 e. The summed E-state index contributed by atoms with van der Waals surface area (Å²) in [6, 6.07) is 0. The van der Waals surface area contributed by atoms with Gasteiger partial charge in [0.05, 0.1) is 0 Å². The van der Waals surface area contributed by atoms with E-state index in [1.54, 1.807) is 6.34 Å². The normalized spacial score (nSPS) is 33.9. The molecule has 54 valence electrons. The summed E-state index contributed by atoms with van der Waals surface area (Å²) in [5.74, 6) is 0.185. The third-order valence-electron chi connectivity index (χ3n) is 2.01. The minimum absolute atomic E-state index is 0.146. The molecule has 0 bridgehead atoms. The van der Waals surface area contributed by atoms with Crippen LogP contribution in [-0.2, 0) is 0 Å². The van der Waals surface area contributed by atoms with Crippen LogP contribution in [0.2, 0.25) is 0 Å². The third-order valence-corrected chi connectivity index (χ3v) is 2.01. The second-order valence-corrected chi connectivity index (χ2v) is 2.80. The van der Waals surface area contributed by atoms with Gasteiger partial charge in [-0.2, -0.15) is 0 Å². The van der Waals surface area contributed by atoms with Crippen molar-refractivity contribution in [2.24, 2.45) is 15.9 Å². The molecule has 0 aliphatic carbocycles. The average Bonchev–Trinajstić information content (AvgIpc) is 2.30. The van der Waals surface area contributed by atoms with Crippen LogP contribution in [0.4, 0.5) is 0 Å². The molecular formula is C7H8BN3. The highest BCUT2D eigenvalue weighted by atomic mass is 15.2. The van der Waals surface area contributed by atoms with E-state index in [1.807, 2.05) is 24.4 Å². The fourth-order valence-electron chi connectivity index (χ4n) is 1.42. The highest BCUT2D eigenvalue weighted by molar-refractivity contribution is 6.23. The second-order valence-electron chi connectivity index (χ2n) is 2.80. The number of aliphatic imine (C=N–C) groups is 2. The van der Waals surface area contributed by atoms with Gasteiger partial charge in [-0.3, -0.25) is 0 Å². The Morgan fingerprint density at radius 2 is 2.45 bits per heavy atom. The van der Waals surface area contributed by atoms with Crippen LogP contribution >= 0.6 is 0 Å². The van der Waals surface area contributed by atoms with Crippen molar-refractivity contribution in [3.05, 3.63) is 11.7 Å². The zero-order valence-corrected chi connectivity index (χ0v) is 6.31. The smallest absolute Gasteiger partial charge is 0.133 e. The Balaban J connectivity index is 2.31. The molecule has 2 aliphatic heterocycles. The van der Waals surface area contributed by atoms with Crippen molar-refractivity contribution in [3.8, 4) is 0 Å². The lowest BCUT2D eigenvalue weighted by molar-refractivity contribution is 0.344. The quantitative estimate of drug-likeness (QED) is 0.440. The molecule has 0 aromatic carbocycles. The van der Waals surface area contributed by atoms with Gasteiger partial charge in [0.1, 0.15) is 20.4 Å². The van der Waals surface area contributed by atoms with E-state index in [2.05, 4.69) is 9.98 Å². The molecule has 4 heteroatoms. The Morgan fingerprint density at radius 3 is 3.18 bits per heavy atom. The highest BCUT2D eigenvalue weighted by Gasteiger charge is 2.29. The van der Waals surface area contributed by atoms with Crippen LogP contribution < -0.4 is 0 Å². The summed E-state index contributed by atoms with van der Waals surface area (Å²) in [6.45, 7) is 0. The van der Waals surface area contributed by atoms with E-state index in [0.717, 1.165) is 5.47 Å². The van der Waals surface area contributed by atoms with E-state index in [-0.39, 0.29) is 12.1 Å². The molecule has 0 spiro atoms. The standard InChI is InChI=1S/C7H8BN3/c1-11-3-6(8)5-2-9-4-10-7(5)11/h2-5,7H,1H3. The van der Waals surface area contributed by atoms with E-state index < -0.39 is 0 Å². The largest absolute Gasteiger partial charge is 0.359 e. The van der Waals surface area contributed by atoms with Crippen LogP contribution in [0, 0.1) is 5.92 Å². The van der Waals surface area contributed by atoms with Gasteiger partial charge >= 0.3 is 0 Å². The number of nitrogens with zero attached hydrogens (tertiary/aromatic N) is 3. The molecule has 0 aromatic heterocycles. The average molecular weight is 145 g/mol. The van der Waals surface area contributed by atoms with Gasteiger partial charge in [0.15, 0.2) is 0 Å². The fraction of sp³-hybridized carbons (Fsp3) is 0.429. The molecule has 2 aliphatic rings. The summed E-state index contributed by atoms with van der Waals surface area (Å²) >= 11 is 0. The van der Waals surface area contributed by atoms with Crippen molar-refractivity contribution in [1.82, 2.24) is 4.90 Å². The van der Waals surface area contributed by atoms with Crippen molar-refractivity contribution in [3.63, 3.8) is 0 Å². The molecule has 0 aromatic rings. The van der Waals surface area contributed by atoms with Crippen LogP contribution in [0.1, 0.15) is 0 Å². The lowest BCUT2D eigenvalue weighted by Crippen LogP contribution is -2.30. The predicted molar refractivity (Wildman–Crippen MR) is 45.9 cm³/mol. The Bertz CT molecular complexity index is 256. The molecule has 2 unspecified atom stereocenters. The molecular weight excluding hydrogens is 137 g/mol. The van der Waals surface area contributed by atoms with E-state index in [9.17, 15) is 0 Å². The van der Waals surface area contributed by atoms with E-state index >= 15 is 0 Å². The van der Waals surface area contributed by atoms with Crippen molar-refractivity contribution >= 4 is 20.4 Å². The first-order chi connectivity index (χ1) is 5.29. The van der Waals surface area contributed by atoms with E-state index in [4.69, 9.17) is 7.85 Å². The second kappa shape index (κ2) is 2.22. The topological polar surface area (TPSA) is 28.0 Å². The van der Waals surface area contributed by atoms with Crippen molar-refractivity contribution in [2.75, 3.05) is 7.05 Å². The lowest BCUT2D eigenvalue weighted by Gasteiger charge is -2.22. The summed E-state index contributed by atoms with van der Waals surface area (Å²) in [5.41, 5.74) is 0.845. The monoisotopic (exact) mass is 145 g/mol. The van der Waals surface area contributed by atoms with Gasteiger partial charge in [-0.15, -0.1) is 0 Å². The molecule has 0 saturated carbocycles. The molecule has 0 amide bonds. The number of fused-ring (bicyclic) bond motifs is 1. The number of hydrogen-bond donors (Lipinski definition) is 0. The maximum absolute atomic E-state index is 5.73. The summed E-state index contributed by atoms with van der Waals surface area (Å²) < 4.78 is 0. The van der Waals surface area contributed by atoms with Gasteiger partial charge in [0.25, 0.3) is 0 Å². The van der Waals surface area contributed by atoms with Crippen LogP contribution in [0.5, 0.6) is 0 Å². The summed E-state index contributed by atoms with van der Waals surface area (Å²) in [4.78, 5) is 10.1. The van der Waals surface area contributed by atoms with Crippen LogP contribution in [0.15, 0.2) is 21.7 Å². The van der Waals surface area contributed by atoms with Crippen molar-refractivity contribution < 1.29 is 0 Å². The Kier molecular flexibility index (Phi) is 1.34. The zero-order chi connectivity index (χ0) is 7.84. The minimum Gasteiger partial charge on any atom is -0.359 e. The van der Waals surface area contributed by atoms with Gasteiger partial charge in [0.2, 0.25) is 0 Å². The predicted octanol–water partition coefficient (Wildman–Crippen LogP) is -0.00330. The Morgan fingerprint density at radius 1 is 1.64 bits per heavy atom.